The zero-order chi connectivity index (χ0) is 41.1. The quantitative estimate of drug-likeness (QED) is 0.145. The van der Waals surface area contributed by atoms with Crippen LogP contribution in [0.5, 0.6) is 0 Å². The summed E-state index contributed by atoms with van der Waals surface area (Å²) in [7, 11) is 0. The number of aromatic nitrogens is 6. The van der Waals surface area contributed by atoms with Crippen molar-refractivity contribution in [3.05, 3.63) is 180 Å². The summed E-state index contributed by atoms with van der Waals surface area (Å²) < 4.78 is 26.3. The van der Waals surface area contributed by atoms with E-state index in [0.717, 1.165) is 84.6 Å². The summed E-state index contributed by atoms with van der Waals surface area (Å²) in [6, 6.07) is 43.6. The second kappa shape index (κ2) is 14.6. The third kappa shape index (κ3) is 6.60. The Kier molecular flexibility index (Phi) is 8.94. The Morgan fingerprint density at radius 2 is 0.583 bits per heavy atom. The molecule has 0 aliphatic rings. The molecule has 0 unspecified atom stereocenters. The molecule has 0 aliphatic carbocycles. The van der Waals surface area contributed by atoms with Crippen LogP contribution in [-0.4, -0.2) is 28.7 Å². The molecule has 0 spiro atoms. The van der Waals surface area contributed by atoms with Crippen LogP contribution in [0.3, 0.4) is 0 Å². The predicted octanol–water partition coefficient (Wildman–Crippen LogP) is 12.9. The monoisotopic (exact) mass is 786 g/mol. The van der Waals surface area contributed by atoms with Gasteiger partial charge in [-0.2, -0.15) is 0 Å². The van der Waals surface area contributed by atoms with Crippen LogP contribution < -0.4 is 0 Å². The first kappa shape index (κ1) is 36.7. The lowest BCUT2D eigenvalue weighted by molar-refractivity contribution is 0.585. The molecule has 294 valence electrons. The van der Waals surface area contributed by atoms with Crippen molar-refractivity contribution in [3.63, 3.8) is 0 Å². The highest BCUT2D eigenvalue weighted by Crippen LogP contribution is 2.38. The van der Waals surface area contributed by atoms with Gasteiger partial charge in [0, 0.05) is 84.6 Å². The van der Waals surface area contributed by atoms with Crippen LogP contribution in [0, 0.1) is 41.5 Å². The van der Waals surface area contributed by atoms with E-state index in [4.69, 9.17) is 28.2 Å². The molecule has 0 bridgehead atoms. The van der Waals surface area contributed by atoms with E-state index in [-0.39, 0.29) is 0 Å². The Bertz CT molecular complexity index is 2790. The zero-order valence-corrected chi connectivity index (χ0v) is 34.3. The van der Waals surface area contributed by atoms with E-state index < -0.39 is 0 Å². The molecule has 0 atom stereocenters. The fourth-order valence-electron chi connectivity index (χ4n) is 8.24. The second-order valence-corrected chi connectivity index (χ2v) is 15.4. The van der Waals surface area contributed by atoms with Gasteiger partial charge in [-0.1, -0.05) is 18.2 Å². The molecule has 9 nitrogen and oxygen atoms in total. The average Bonchev–Trinajstić information content (AvgIpc) is 4.13. The second-order valence-electron chi connectivity index (χ2n) is 15.4. The maximum absolute atomic E-state index is 6.54. The number of aryl methyl sites for hydroxylation is 6. The van der Waals surface area contributed by atoms with Gasteiger partial charge in [-0.15, -0.1) is 0 Å². The van der Waals surface area contributed by atoms with Gasteiger partial charge in [0.15, 0.2) is 17.3 Å². The summed E-state index contributed by atoms with van der Waals surface area (Å²) in [5.74, 6) is 3.36. The lowest BCUT2D eigenvalue weighted by Gasteiger charge is -2.10. The zero-order valence-electron chi connectivity index (χ0n) is 34.3. The van der Waals surface area contributed by atoms with E-state index in [0.29, 0.717) is 35.0 Å². The molecular weight excluding hydrogens is 745 g/mol. The first-order valence-corrected chi connectivity index (χ1v) is 20.0. The van der Waals surface area contributed by atoms with Gasteiger partial charge in [0.2, 0.25) is 17.7 Å². The molecule has 6 aromatic heterocycles. The highest BCUT2D eigenvalue weighted by molar-refractivity contribution is 5.78. The summed E-state index contributed by atoms with van der Waals surface area (Å²) >= 11 is 0. The van der Waals surface area contributed by atoms with Crippen LogP contribution in [0.25, 0.3) is 85.4 Å². The Morgan fingerprint density at radius 3 is 0.850 bits per heavy atom. The van der Waals surface area contributed by atoms with E-state index in [2.05, 4.69) is 128 Å². The van der Waals surface area contributed by atoms with Crippen molar-refractivity contribution >= 4 is 0 Å². The van der Waals surface area contributed by atoms with Gasteiger partial charge in [-0.25, -0.2) is 15.0 Å². The Morgan fingerprint density at radius 1 is 0.317 bits per heavy atom. The minimum atomic E-state index is 0.520. The normalized spacial score (nSPS) is 11.5. The summed E-state index contributed by atoms with van der Waals surface area (Å²) in [6.45, 7) is 12.6. The van der Waals surface area contributed by atoms with Gasteiger partial charge in [-0.05, 0) is 151 Å². The van der Waals surface area contributed by atoms with E-state index >= 15 is 0 Å². The molecule has 0 fully saturated rings. The lowest BCUT2D eigenvalue weighted by atomic mass is 10.0. The summed E-state index contributed by atoms with van der Waals surface area (Å²) in [5.41, 5.74) is 15.1. The van der Waals surface area contributed by atoms with Crippen LogP contribution in [-0.2, 0) is 0 Å². The predicted molar refractivity (Wildman–Crippen MR) is 236 cm³/mol. The number of nitrogens with zero attached hydrogens (tertiary/aromatic N) is 6. The molecule has 0 aliphatic heterocycles. The van der Waals surface area contributed by atoms with E-state index in [1.54, 1.807) is 18.6 Å². The smallest absolute Gasteiger partial charge is 0.226 e. The molecule has 0 amide bonds. The number of hydrogen-bond acceptors (Lipinski definition) is 6. The van der Waals surface area contributed by atoms with E-state index in [9.17, 15) is 0 Å². The van der Waals surface area contributed by atoms with Gasteiger partial charge in [0.05, 0.1) is 18.6 Å². The molecule has 10 rings (SSSR count). The topological polar surface area (TPSA) is 92.9 Å². The van der Waals surface area contributed by atoms with Crippen molar-refractivity contribution in [1.29, 1.82) is 0 Å². The Balaban J connectivity index is 1.04. The standard InChI is InChI=1S/C51H42N6O3/c1-31-16-17-32(2)55(31)43-13-7-10-37(25-43)49-52-28-46(58-49)40-22-41(47-29-53-50(59-47)38-11-8-14-44(26-38)56-33(3)18-19-34(56)4)24-42(23-40)48-30-54-51(60-48)39-12-9-15-45(27-39)57-35(5)20-21-36(57)6/h7-30H,1-6H3. The first-order valence-electron chi connectivity index (χ1n) is 20.0. The summed E-state index contributed by atoms with van der Waals surface area (Å²) in [4.78, 5) is 14.3. The van der Waals surface area contributed by atoms with Crippen molar-refractivity contribution in [2.75, 3.05) is 0 Å². The van der Waals surface area contributed by atoms with Crippen molar-refractivity contribution in [2.45, 2.75) is 41.5 Å². The highest BCUT2D eigenvalue weighted by atomic mass is 16.4. The van der Waals surface area contributed by atoms with E-state index in [1.165, 1.54) is 0 Å². The fourth-order valence-corrected chi connectivity index (χ4v) is 8.24. The van der Waals surface area contributed by atoms with Crippen molar-refractivity contribution in [2.24, 2.45) is 0 Å². The largest absolute Gasteiger partial charge is 0.436 e. The molecule has 0 saturated heterocycles. The molecule has 6 heterocycles. The van der Waals surface area contributed by atoms with Crippen LogP contribution in [0.1, 0.15) is 34.2 Å². The van der Waals surface area contributed by atoms with Crippen LogP contribution in [0.4, 0.5) is 0 Å². The molecule has 4 aromatic carbocycles. The SMILES string of the molecule is Cc1ccc(C)n1-c1cccc(-c2ncc(-c3cc(-c4cnc(-c5cccc(-n6c(C)ccc6C)c5)o4)cc(-c4cnc(-c5cccc(-n6c(C)ccc6C)c5)o4)c3)o2)c1. The van der Waals surface area contributed by atoms with Crippen LogP contribution in [0.2, 0.25) is 0 Å². The maximum atomic E-state index is 6.54. The van der Waals surface area contributed by atoms with Gasteiger partial charge < -0.3 is 27.0 Å². The van der Waals surface area contributed by atoms with E-state index in [1.807, 2.05) is 54.6 Å². The van der Waals surface area contributed by atoms with Crippen molar-refractivity contribution < 1.29 is 13.3 Å². The number of rotatable bonds is 9. The van der Waals surface area contributed by atoms with Crippen LogP contribution >= 0.6 is 0 Å². The Labute approximate surface area is 347 Å². The molecule has 60 heavy (non-hydrogen) atoms. The minimum Gasteiger partial charge on any atom is -0.436 e. The summed E-state index contributed by atoms with van der Waals surface area (Å²) in [6.07, 6.45) is 5.30. The summed E-state index contributed by atoms with van der Waals surface area (Å²) in [5, 5.41) is 0. The third-order valence-corrected chi connectivity index (χ3v) is 11.2. The molecular formula is C51H42N6O3. The van der Waals surface area contributed by atoms with Gasteiger partial charge in [0.1, 0.15) is 0 Å². The molecule has 0 N–H and O–H groups in total. The van der Waals surface area contributed by atoms with Crippen molar-refractivity contribution in [3.8, 4) is 85.4 Å². The van der Waals surface area contributed by atoms with Gasteiger partial charge in [0.25, 0.3) is 0 Å². The Hall–Kier alpha value is -7.65. The van der Waals surface area contributed by atoms with Crippen molar-refractivity contribution in [1.82, 2.24) is 28.7 Å². The van der Waals surface area contributed by atoms with Gasteiger partial charge >= 0.3 is 0 Å². The minimum absolute atomic E-state index is 0.520. The molecule has 0 radical (unpaired) electrons. The number of benzene rings is 4. The first-order chi connectivity index (χ1) is 29.2. The average molecular weight is 787 g/mol. The molecule has 9 heteroatoms. The molecule has 0 saturated carbocycles. The lowest BCUT2D eigenvalue weighted by Crippen LogP contribution is -1.98. The van der Waals surface area contributed by atoms with Crippen LogP contribution in [0.15, 0.2) is 159 Å². The third-order valence-electron chi connectivity index (χ3n) is 11.2. The highest BCUT2D eigenvalue weighted by Gasteiger charge is 2.19. The fraction of sp³-hybridized carbons (Fsp3) is 0.118. The maximum Gasteiger partial charge on any atom is 0.226 e. The van der Waals surface area contributed by atoms with Gasteiger partial charge in [-0.3, -0.25) is 0 Å². The number of hydrogen-bond donors (Lipinski definition) is 0. The number of oxazole rings is 3. The molecule has 10 aromatic rings.